The van der Waals surface area contributed by atoms with E-state index < -0.39 is 0 Å². The summed E-state index contributed by atoms with van der Waals surface area (Å²) in [6.07, 6.45) is 6.49. The van der Waals surface area contributed by atoms with Crippen molar-refractivity contribution in [3.63, 3.8) is 0 Å². The highest BCUT2D eigenvalue weighted by Gasteiger charge is 1.99. The van der Waals surface area contributed by atoms with Crippen LogP contribution in [0, 0.1) is 0 Å². The van der Waals surface area contributed by atoms with E-state index in [0.717, 1.165) is 18.6 Å². The molecule has 0 aliphatic carbocycles. The molecule has 0 aliphatic heterocycles. The lowest BCUT2D eigenvalue weighted by atomic mass is 10.0. The summed E-state index contributed by atoms with van der Waals surface area (Å²) in [5.74, 6) is 0.892. The summed E-state index contributed by atoms with van der Waals surface area (Å²) in [4.78, 5) is 0. The molecule has 1 heteroatoms. The highest BCUT2D eigenvalue weighted by molar-refractivity contribution is 5.63. The Balaban J connectivity index is 2.43. The monoisotopic (exact) mass is 216 g/mol. The van der Waals surface area contributed by atoms with Crippen LogP contribution in [0.4, 0.5) is 0 Å². The molecule has 0 radical (unpaired) electrons. The minimum Gasteiger partial charge on any atom is -0.497 e. The van der Waals surface area contributed by atoms with Gasteiger partial charge >= 0.3 is 0 Å². The second kappa shape index (κ2) is 6.89. The van der Waals surface area contributed by atoms with Crippen molar-refractivity contribution in [2.45, 2.75) is 25.7 Å². The molecule has 0 amide bonds. The number of benzene rings is 1. The fourth-order valence-corrected chi connectivity index (χ4v) is 1.60. The summed E-state index contributed by atoms with van der Waals surface area (Å²) in [6.45, 7) is 7.83. The van der Waals surface area contributed by atoms with E-state index in [4.69, 9.17) is 4.74 Å². The molecule has 0 spiro atoms. The van der Waals surface area contributed by atoms with Gasteiger partial charge in [0, 0.05) is 0 Å². The lowest BCUT2D eigenvalue weighted by molar-refractivity contribution is 0.415. The average molecular weight is 216 g/mol. The van der Waals surface area contributed by atoms with E-state index in [1.54, 1.807) is 7.11 Å². The smallest absolute Gasteiger partial charge is 0.118 e. The molecule has 86 valence electrons. The van der Waals surface area contributed by atoms with E-state index in [-0.39, 0.29) is 0 Å². The Kier molecular flexibility index (Phi) is 5.41. The van der Waals surface area contributed by atoms with E-state index in [1.165, 1.54) is 24.0 Å². The Morgan fingerprint density at radius 1 is 1.25 bits per heavy atom. The highest BCUT2D eigenvalue weighted by atomic mass is 16.5. The maximum atomic E-state index is 5.12. The molecule has 0 unspecified atom stereocenters. The molecule has 0 fully saturated rings. The molecular weight excluding hydrogens is 196 g/mol. The van der Waals surface area contributed by atoms with Crippen molar-refractivity contribution in [1.82, 2.24) is 0 Å². The Labute approximate surface area is 98.5 Å². The number of hydrogen-bond acceptors (Lipinski definition) is 1. The van der Waals surface area contributed by atoms with Crippen molar-refractivity contribution < 1.29 is 4.74 Å². The minimum atomic E-state index is 0.892. The Morgan fingerprint density at radius 2 is 1.94 bits per heavy atom. The van der Waals surface area contributed by atoms with Crippen molar-refractivity contribution in [1.29, 1.82) is 0 Å². The van der Waals surface area contributed by atoms with Crippen LogP contribution < -0.4 is 4.74 Å². The lowest BCUT2D eigenvalue weighted by Gasteiger charge is -2.06. The van der Waals surface area contributed by atoms with E-state index in [2.05, 4.69) is 25.3 Å². The minimum absolute atomic E-state index is 0.892. The third kappa shape index (κ3) is 3.93. The van der Waals surface area contributed by atoms with Crippen molar-refractivity contribution in [2.24, 2.45) is 0 Å². The van der Waals surface area contributed by atoms with Gasteiger partial charge in [-0.25, -0.2) is 0 Å². The molecule has 0 heterocycles. The molecule has 0 saturated heterocycles. The van der Waals surface area contributed by atoms with Gasteiger partial charge in [0.05, 0.1) is 7.11 Å². The molecular formula is C15H20O. The van der Waals surface area contributed by atoms with E-state index >= 15 is 0 Å². The summed E-state index contributed by atoms with van der Waals surface area (Å²) in [5, 5.41) is 0. The number of rotatable bonds is 7. The topological polar surface area (TPSA) is 9.23 Å². The first kappa shape index (κ1) is 12.6. The van der Waals surface area contributed by atoms with Gasteiger partial charge in [0.1, 0.15) is 5.75 Å². The third-order valence-electron chi connectivity index (χ3n) is 2.64. The second-order valence-corrected chi connectivity index (χ2v) is 3.87. The van der Waals surface area contributed by atoms with Gasteiger partial charge in [-0.3, -0.25) is 0 Å². The SMILES string of the molecule is C=CCCCCC(=C)c1ccc(OC)cc1. The molecule has 16 heavy (non-hydrogen) atoms. The van der Waals surface area contributed by atoms with Crippen LogP contribution in [-0.4, -0.2) is 7.11 Å². The summed E-state index contributed by atoms with van der Waals surface area (Å²) < 4.78 is 5.12. The lowest BCUT2D eigenvalue weighted by Crippen LogP contribution is -1.86. The van der Waals surface area contributed by atoms with Gasteiger partial charge in [0.15, 0.2) is 0 Å². The van der Waals surface area contributed by atoms with Crippen LogP contribution in [0.1, 0.15) is 31.2 Å². The number of allylic oxidation sites excluding steroid dienone is 2. The van der Waals surface area contributed by atoms with Crippen LogP contribution in [0.15, 0.2) is 43.5 Å². The van der Waals surface area contributed by atoms with Crippen LogP contribution in [0.5, 0.6) is 5.75 Å². The van der Waals surface area contributed by atoms with E-state index in [9.17, 15) is 0 Å². The summed E-state index contributed by atoms with van der Waals surface area (Å²) >= 11 is 0. The number of unbranched alkanes of at least 4 members (excludes halogenated alkanes) is 2. The average Bonchev–Trinajstić information content (AvgIpc) is 2.34. The van der Waals surface area contributed by atoms with Crippen molar-refractivity contribution in [2.75, 3.05) is 7.11 Å². The molecule has 1 nitrogen and oxygen atoms in total. The van der Waals surface area contributed by atoms with Gasteiger partial charge < -0.3 is 4.74 Å². The predicted molar refractivity (Wildman–Crippen MR) is 70.7 cm³/mol. The Morgan fingerprint density at radius 3 is 2.50 bits per heavy atom. The normalized spacial score (nSPS) is 9.81. The van der Waals surface area contributed by atoms with Crippen molar-refractivity contribution in [3.8, 4) is 5.75 Å². The van der Waals surface area contributed by atoms with Crippen LogP contribution in [0.2, 0.25) is 0 Å². The first-order valence-electron chi connectivity index (χ1n) is 5.71. The van der Waals surface area contributed by atoms with Gasteiger partial charge in [-0.2, -0.15) is 0 Å². The molecule has 1 aromatic carbocycles. The summed E-state index contributed by atoms with van der Waals surface area (Å²) in [7, 11) is 1.68. The molecule has 0 bridgehead atoms. The zero-order valence-electron chi connectivity index (χ0n) is 10.0. The number of methoxy groups -OCH3 is 1. The van der Waals surface area contributed by atoms with Gasteiger partial charge in [0.2, 0.25) is 0 Å². The standard InChI is InChI=1S/C15H20O/c1-4-5-6-7-8-13(2)14-9-11-15(16-3)12-10-14/h4,9-12H,1-2,5-8H2,3H3. The summed E-state index contributed by atoms with van der Waals surface area (Å²) in [6, 6.07) is 8.08. The second-order valence-electron chi connectivity index (χ2n) is 3.87. The fraction of sp³-hybridized carbons (Fsp3) is 0.333. The van der Waals surface area contributed by atoms with E-state index in [1.807, 2.05) is 18.2 Å². The quantitative estimate of drug-likeness (QED) is 0.483. The molecule has 0 aromatic heterocycles. The Hall–Kier alpha value is -1.50. The number of ether oxygens (including phenoxy) is 1. The molecule has 1 aromatic rings. The van der Waals surface area contributed by atoms with Gasteiger partial charge in [-0.15, -0.1) is 6.58 Å². The predicted octanol–water partition coefficient (Wildman–Crippen LogP) is 4.45. The first-order chi connectivity index (χ1) is 7.77. The Bertz CT molecular complexity index is 335. The zero-order valence-corrected chi connectivity index (χ0v) is 10.0. The summed E-state index contributed by atoms with van der Waals surface area (Å²) in [5.41, 5.74) is 2.41. The molecule has 0 N–H and O–H groups in total. The van der Waals surface area contributed by atoms with Crippen LogP contribution in [-0.2, 0) is 0 Å². The van der Waals surface area contributed by atoms with Crippen LogP contribution >= 0.6 is 0 Å². The fourth-order valence-electron chi connectivity index (χ4n) is 1.60. The van der Waals surface area contributed by atoms with Gasteiger partial charge in [-0.1, -0.05) is 24.8 Å². The van der Waals surface area contributed by atoms with Crippen molar-refractivity contribution >= 4 is 5.57 Å². The molecule has 0 aliphatic rings. The largest absolute Gasteiger partial charge is 0.497 e. The molecule has 1 rings (SSSR count). The van der Waals surface area contributed by atoms with Gasteiger partial charge in [0.25, 0.3) is 0 Å². The molecule has 0 atom stereocenters. The maximum absolute atomic E-state index is 5.12. The van der Waals surface area contributed by atoms with Gasteiger partial charge in [-0.05, 0) is 49.0 Å². The third-order valence-corrected chi connectivity index (χ3v) is 2.64. The van der Waals surface area contributed by atoms with Crippen LogP contribution in [0.3, 0.4) is 0 Å². The number of hydrogen-bond donors (Lipinski definition) is 0. The van der Waals surface area contributed by atoms with E-state index in [0.29, 0.717) is 0 Å². The highest BCUT2D eigenvalue weighted by Crippen LogP contribution is 2.21. The van der Waals surface area contributed by atoms with Crippen molar-refractivity contribution in [3.05, 3.63) is 49.1 Å². The first-order valence-corrected chi connectivity index (χ1v) is 5.71. The maximum Gasteiger partial charge on any atom is 0.118 e. The zero-order chi connectivity index (χ0) is 11.8. The van der Waals surface area contributed by atoms with Crippen LogP contribution in [0.25, 0.3) is 5.57 Å². The molecule has 0 saturated carbocycles.